The minimum Gasteiger partial charge on any atom is -0.368 e. The van der Waals surface area contributed by atoms with Crippen molar-refractivity contribution in [3.8, 4) is 0 Å². The smallest absolute Gasteiger partial charge is 0.224 e. The van der Waals surface area contributed by atoms with Gasteiger partial charge in [0.2, 0.25) is 5.95 Å². The highest BCUT2D eigenvalue weighted by molar-refractivity contribution is 5.85. The molecule has 0 aliphatic rings. The predicted molar refractivity (Wildman–Crippen MR) is 93.2 cm³/mol. The molecule has 3 rings (SSSR count). The van der Waals surface area contributed by atoms with Crippen molar-refractivity contribution in [3.63, 3.8) is 0 Å². The zero-order valence-electron chi connectivity index (χ0n) is 14.0. The lowest BCUT2D eigenvalue weighted by Crippen LogP contribution is -2.31. The molecule has 2 heterocycles. The second-order valence-corrected chi connectivity index (χ2v) is 6.00. The van der Waals surface area contributed by atoms with Gasteiger partial charge in [0, 0.05) is 19.6 Å². The van der Waals surface area contributed by atoms with E-state index in [1.807, 2.05) is 36.7 Å². The number of hydrogen-bond acceptors (Lipinski definition) is 5. The Kier molecular flexibility index (Phi) is 3.90. The molecule has 0 spiro atoms. The molecule has 0 radical (unpaired) electrons. The molecule has 2 N–H and O–H groups in total. The summed E-state index contributed by atoms with van der Waals surface area (Å²) in [6, 6.07) is 10.6. The van der Waals surface area contributed by atoms with Crippen molar-refractivity contribution in [2.45, 2.75) is 33.4 Å². The van der Waals surface area contributed by atoms with Crippen molar-refractivity contribution in [1.29, 1.82) is 0 Å². The molecule has 2 aromatic heterocycles. The second kappa shape index (κ2) is 5.87. The molecule has 0 saturated carbocycles. The number of nitrogens with two attached hydrogens (primary N) is 1. The molecule has 0 fully saturated rings. The van der Waals surface area contributed by atoms with Crippen LogP contribution in [0.5, 0.6) is 0 Å². The summed E-state index contributed by atoms with van der Waals surface area (Å²) in [5.41, 5.74) is 8.73. The highest BCUT2D eigenvalue weighted by Gasteiger charge is 2.20. The Morgan fingerprint density at radius 2 is 1.83 bits per heavy atom. The molecule has 120 valence electrons. The molecule has 0 unspecified atom stereocenters. The topological polar surface area (TPSA) is 72.9 Å². The Morgan fingerprint density at radius 3 is 2.48 bits per heavy atom. The first kappa shape index (κ1) is 15.3. The van der Waals surface area contributed by atoms with Crippen LogP contribution in [-0.4, -0.2) is 25.6 Å². The summed E-state index contributed by atoms with van der Waals surface area (Å²) in [6.45, 7) is 6.99. The van der Waals surface area contributed by atoms with Gasteiger partial charge in [-0.1, -0.05) is 30.3 Å². The number of fused-ring (bicyclic) bond motifs is 1. The van der Waals surface area contributed by atoms with E-state index in [0.717, 1.165) is 29.4 Å². The van der Waals surface area contributed by atoms with Crippen molar-refractivity contribution in [3.05, 3.63) is 41.7 Å². The summed E-state index contributed by atoms with van der Waals surface area (Å²) in [5, 5.41) is 0. The Balaban J connectivity index is 2.13. The highest BCUT2D eigenvalue weighted by Crippen LogP contribution is 2.27. The SMILES string of the molecule is Cc1nc2c(N(Cc3ccccc3)C(C)C)nc(N)nc2n1C. The van der Waals surface area contributed by atoms with Crippen molar-refractivity contribution < 1.29 is 0 Å². The third kappa shape index (κ3) is 2.84. The summed E-state index contributed by atoms with van der Waals surface area (Å²) in [7, 11) is 1.94. The normalized spacial score (nSPS) is 11.3. The average molecular weight is 310 g/mol. The van der Waals surface area contributed by atoms with Gasteiger partial charge in [-0.25, -0.2) is 4.98 Å². The summed E-state index contributed by atoms with van der Waals surface area (Å²) >= 11 is 0. The zero-order chi connectivity index (χ0) is 16.6. The van der Waals surface area contributed by atoms with E-state index in [1.54, 1.807) is 0 Å². The van der Waals surface area contributed by atoms with Gasteiger partial charge in [0.1, 0.15) is 5.82 Å². The minimum atomic E-state index is 0.259. The molecule has 0 saturated heterocycles. The summed E-state index contributed by atoms with van der Waals surface area (Å²) in [4.78, 5) is 15.7. The molecule has 0 aliphatic heterocycles. The first-order valence-corrected chi connectivity index (χ1v) is 7.74. The molecule has 0 atom stereocenters. The Bertz CT molecular complexity index is 822. The largest absolute Gasteiger partial charge is 0.368 e. The molecule has 0 aliphatic carbocycles. The van der Waals surface area contributed by atoms with Gasteiger partial charge in [0.15, 0.2) is 17.0 Å². The van der Waals surface area contributed by atoms with Gasteiger partial charge in [-0.3, -0.25) is 0 Å². The first-order valence-electron chi connectivity index (χ1n) is 7.74. The summed E-state index contributed by atoms with van der Waals surface area (Å²) < 4.78 is 1.94. The number of nitrogens with zero attached hydrogens (tertiary/aromatic N) is 5. The van der Waals surface area contributed by atoms with Gasteiger partial charge < -0.3 is 15.2 Å². The fourth-order valence-electron chi connectivity index (χ4n) is 2.65. The number of anilines is 2. The van der Waals surface area contributed by atoms with E-state index in [2.05, 4.69) is 45.8 Å². The molecule has 6 heteroatoms. The van der Waals surface area contributed by atoms with Gasteiger partial charge in [-0.05, 0) is 26.3 Å². The molecule has 3 aromatic rings. The van der Waals surface area contributed by atoms with E-state index in [1.165, 1.54) is 5.56 Å². The molecule has 1 aromatic carbocycles. The van der Waals surface area contributed by atoms with Crippen LogP contribution in [0.1, 0.15) is 25.2 Å². The third-order valence-corrected chi connectivity index (χ3v) is 4.03. The van der Waals surface area contributed by atoms with Crippen LogP contribution in [0.3, 0.4) is 0 Å². The van der Waals surface area contributed by atoms with Crippen LogP contribution in [0.25, 0.3) is 11.2 Å². The number of benzene rings is 1. The fourth-order valence-corrected chi connectivity index (χ4v) is 2.65. The second-order valence-electron chi connectivity index (χ2n) is 6.00. The number of rotatable bonds is 4. The number of aryl methyl sites for hydroxylation is 2. The van der Waals surface area contributed by atoms with E-state index >= 15 is 0 Å². The zero-order valence-corrected chi connectivity index (χ0v) is 14.0. The van der Waals surface area contributed by atoms with Crippen LogP contribution >= 0.6 is 0 Å². The van der Waals surface area contributed by atoms with E-state index in [-0.39, 0.29) is 12.0 Å². The van der Waals surface area contributed by atoms with Gasteiger partial charge in [-0.15, -0.1) is 0 Å². The maximum Gasteiger partial charge on any atom is 0.224 e. The first-order chi connectivity index (χ1) is 11.0. The quantitative estimate of drug-likeness (QED) is 0.802. The van der Waals surface area contributed by atoms with Crippen molar-refractivity contribution in [2.24, 2.45) is 7.05 Å². The lowest BCUT2D eigenvalue weighted by molar-refractivity contribution is 0.674. The van der Waals surface area contributed by atoms with Crippen LogP contribution in [-0.2, 0) is 13.6 Å². The van der Waals surface area contributed by atoms with Crippen LogP contribution in [0, 0.1) is 6.92 Å². The van der Waals surface area contributed by atoms with E-state index < -0.39 is 0 Å². The number of nitrogen functional groups attached to an aromatic ring is 1. The summed E-state index contributed by atoms with van der Waals surface area (Å²) in [6.07, 6.45) is 0. The van der Waals surface area contributed by atoms with E-state index in [0.29, 0.717) is 0 Å². The van der Waals surface area contributed by atoms with Gasteiger partial charge in [-0.2, -0.15) is 9.97 Å². The van der Waals surface area contributed by atoms with Crippen molar-refractivity contribution in [1.82, 2.24) is 19.5 Å². The molecule has 0 amide bonds. The lowest BCUT2D eigenvalue weighted by Gasteiger charge is -2.28. The number of imidazole rings is 1. The average Bonchev–Trinajstić information content (AvgIpc) is 2.81. The van der Waals surface area contributed by atoms with Gasteiger partial charge >= 0.3 is 0 Å². The fraction of sp³-hybridized carbons (Fsp3) is 0.353. The standard InChI is InChI=1S/C17H22N6/c1-11(2)23(10-13-8-6-5-7-9-13)16-14-15(20-17(18)21-16)22(4)12(3)19-14/h5-9,11H,10H2,1-4H3,(H2,18,20,21). The molecular formula is C17H22N6. The molecular weight excluding hydrogens is 288 g/mol. The number of hydrogen-bond donors (Lipinski definition) is 1. The predicted octanol–water partition coefficient (Wildman–Crippen LogP) is 2.67. The van der Waals surface area contributed by atoms with Crippen molar-refractivity contribution >= 4 is 22.9 Å². The number of aromatic nitrogens is 4. The Morgan fingerprint density at radius 1 is 1.13 bits per heavy atom. The van der Waals surface area contributed by atoms with Crippen molar-refractivity contribution in [2.75, 3.05) is 10.6 Å². The van der Waals surface area contributed by atoms with Gasteiger partial charge in [0.05, 0.1) is 0 Å². The van der Waals surface area contributed by atoms with Crippen LogP contribution in [0.4, 0.5) is 11.8 Å². The molecule has 6 nitrogen and oxygen atoms in total. The Labute approximate surface area is 136 Å². The monoisotopic (exact) mass is 310 g/mol. The van der Waals surface area contributed by atoms with Crippen LogP contribution in [0.2, 0.25) is 0 Å². The van der Waals surface area contributed by atoms with E-state index in [4.69, 9.17) is 5.73 Å². The third-order valence-electron chi connectivity index (χ3n) is 4.03. The van der Waals surface area contributed by atoms with Crippen LogP contribution < -0.4 is 10.6 Å². The maximum absolute atomic E-state index is 5.94. The van der Waals surface area contributed by atoms with Crippen LogP contribution in [0.15, 0.2) is 30.3 Å². The minimum absolute atomic E-state index is 0.259. The lowest BCUT2D eigenvalue weighted by atomic mass is 10.2. The summed E-state index contributed by atoms with van der Waals surface area (Å²) in [5.74, 6) is 1.95. The van der Waals surface area contributed by atoms with E-state index in [9.17, 15) is 0 Å². The molecule has 0 bridgehead atoms. The van der Waals surface area contributed by atoms with Gasteiger partial charge in [0.25, 0.3) is 0 Å². The highest BCUT2D eigenvalue weighted by atomic mass is 15.3. The maximum atomic E-state index is 5.94. The molecule has 23 heavy (non-hydrogen) atoms. The Hall–Kier alpha value is -2.63.